The van der Waals surface area contributed by atoms with Crippen LogP contribution in [0, 0.1) is 17.2 Å². The van der Waals surface area contributed by atoms with Gasteiger partial charge in [0.25, 0.3) is 5.56 Å². The van der Waals surface area contributed by atoms with Crippen LogP contribution in [0.4, 0.5) is 0 Å². The average molecular weight is 314 g/mol. The number of aromatic nitrogens is 2. The van der Waals surface area contributed by atoms with Crippen molar-refractivity contribution in [1.82, 2.24) is 14.9 Å². The zero-order valence-corrected chi connectivity index (χ0v) is 12.7. The summed E-state index contributed by atoms with van der Waals surface area (Å²) < 4.78 is 1.39. The molecule has 3 rings (SSSR count). The molecule has 2 aliphatic rings. The second-order valence-corrected chi connectivity index (χ2v) is 6.11. The lowest BCUT2D eigenvalue weighted by Gasteiger charge is -2.18. The van der Waals surface area contributed by atoms with Crippen molar-refractivity contribution in [2.24, 2.45) is 5.92 Å². The second kappa shape index (κ2) is 6.32. The molecule has 3 atom stereocenters. The molecule has 23 heavy (non-hydrogen) atoms. The van der Waals surface area contributed by atoms with E-state index in [0.717, 1.165) is 12.8 Å². The summed E-state index contributed by atoms with van der Waals surface area (Å²) in [6, 6.07) is 2.06. The molecule has 1 saturated carbocycles. The molecule has 120 valence electrons. The van der Waals surface area contributed by atoms with Gasteiger partial charge in [0.2, 0.25) is 5.91 Å². The van der Waals surface area contributed by atoms with E-state index in [-0.39, 0.29) is 23.2 Å². The summed E-state index contributed by atoms with van der Waals surface area (Å²) in [5.41, 5.74) is -0.257. The lowest BCUT2D eigenvalue weighted by molar-refractivity contribution is -0.125. The van der Waals surface area contributed by atoms with Crippen LogP contribution in [0.25, 0.3) is 0 Å². The van der Waals surface area contributed by atoms with Crippen LogP contribution < -0.4 is 10.9 Å². The van der Waals surface area contributed by atoms with E-state index in [1.54, 1.807) is 0 Å². The molecule has 0 spiro atoms. The Morgan fingerprint density at radius 2 is 2.26 bits per heavy atom. The number of hydrogen-bond donors (Lipinski definition) is 1. The Bertz CT molecular complexity index is 734. The van der Waals surface area contributed by atoms with Crippen molar-refractivity contribution in [1.29, 1.82) is 5.26 Å². The molecule has 7 nitrogen and oxygen atoms in total. The molecule has 7 heteroatoms. The van der Waals surface area contributed by atoms with Gasteiger partial charge in [-0.3, -0.25) is 19.0 Å². The third-order valence-electron chi connectivity index (χ3n) is 4.64. The summed E-state index contributed by atoms with van der Waals surface area (Å²) in [7, 11) is 0. The van der Waals surface area contributed by atoms with E-state index in [2.05, 4.69) is 16.4 Å². The van der Waals surface area contributed by atoms with Crippen molar-refractivity contribution < 1.29 is 9.59 Å². The maximum atomic E-state index is 12.5. The summed E-state index contributed by atoms with van der Waals surface area (Å²) >= 11 is 0. The molecule has 1 unspecified atom stereocenters. The highest BCUT2D eigenvalue weighted by Gasteiger charge is 2.33. The van der Waals surface area contributed by atoms with Crippen molar-refractivity contribution in [3.63, 3.8) is 0 Å². The first kappa shape index (κ1) is 15.4. The van der Waals surface area contributed by atoms with Gasteiger partial charge in [-0.05, 0) is 25.7 Å². The monoisotopic (exact) mass is 314 g/mol. The van der Waals surface area contributed by atoms with Crippen molar-refractivity contribution in [3.05, 3.63) is 28.4 Å². The number of nitriles is 1. The zero-order chi connectivity index (χ0) is 16.4. The fraction of sp³-hybridized carbons (Fsp3) is 0.562. The normalized spacial score (nSPS) is 24.0. The highest BCUT2D eigenvalue weighted by atomic mass is 16.2. The van der Waals surface area contributed by atoms with Gasteiger partial charge >= 0.3 is 0 Å². The molecule has 1 N–H and O–H groups in total. The molecule has 1 aromatic heterocycles. The van der Waals surface area contributed by atoms with E-state index in [9.17, 15) is 19.6 Å². The molecule has 0 saturated heterocycles. The number of aryl methyl sites for hydroxylation is 1. The molecule has 2 heterocycles. The minimum absolute atomic E-state index is 0.139. The number of carbonyl (C=O) groups excluding carboxylic acids is 2. The fourth-order valence-electron chi connectivity index (χ4n) is 3.45. The Labute approximate surface area is 133 Å². The number of hydrogen-bond acceptors (Lipinski definition) is 5. The highest BCUT2D eigenvalue weighted by molar-refractivity contribution is 5.83. The van der Waals surface area contributed by atoms with Crippen LogP contribution in [0.1, 0.15) is 44.0 Å². The Morgan fingerprint density at radius 3 is 2.96 bits per heavy atom. The average Bonchev–Trinajstić information content (AvgIpc) is 3.14. The first-order valence-electron chi connectivity index (χ1n) is 7.89. The number of Topliss-reactive ketones (excluding diaryl/α,β-unsaturated/α-hetero) is 1. The zero-order valence-electron chi connectivity index (χ0n) is 12.7. The van der Waals surface area contributed by atoms with Crippen LogP contribution in [0.2, 0.25) is 0 Å². The van der Waals surface area contributed by atoms with Crippen LogP contribution in [0.3, 0.4) is 0 Å². The smallest absolute Gasteiger partial charge is 0.254 e. The number of nitrogens with one attached hydrogen (secondary N) is 1. The molecule has 1 amide bonds. The second-order valence-electron chi connectivity index (χ2n) is 6.11. The van der Waals surface area contributed by atoms with E-state index in [1.165, 1.54) is 16.8 Å². The summed E-state index contributed by atoms with van der Waals surface area (Å²) in [5, 5.41) is 11.9. The number of ketones is 1. The quantitative estimate of drug-likeness (QED) is 0.871. The minimum atomic E-state index is -0.703. The molecular weight excluding hydrogens is 296 g/mol. The van der Waals surface area contributed by atoms with Gasteiger partial charge in [-0.1, -0.05) is 0 Å². The molecule has 0 aromatic carbocycles. The molecule has 1 aliphatic heterocycles. The van der Waals surface area contributed by atoms with Crippen molar-refractivity contribution in [2.75, 3.05) is 0 Å². The van der Waals surface area contributed by atoms with Crippen molar-refractivity contribution in [2.45, 2.75) is 50.6 Å². The van der Waals surface area contributed by atoms with Gasteiger partial charge in [0.1, 0.15) is 23.7 Å². The Kier molecular flexibility index (Phi) is 4.24. The lowest BCUT2D eigenvalue weighted by atomic mass is 9.98. The maximum absolute atomic E-state index is 12.5. The van der Waals surface area contributed by atoms with Gasteiger partial charge in [-0.25, -0.2) is 4.98 Å². The standard InChI is InChI=1S/C16H18N4O3/c17-9-11(8-10-2-1-3-13(10)21)19-16(23)12-4-5-14-18-7-6-15(22)20(12)14/h6-7,10-12H,1-5,8H2,(H,19,23)/t10-,11-,12?/m0/s1. The largest absolute Gasteiger partial charge is 0.339 e. The van der Waals surface area contributed by atoms with Crippen LogP contribution in [0.15, 0.2) is 17.1 Å². The molecule has 0 radical (unpaired) electrons. The number of rotatable bonds is 4. The number of amides is 1. The van der Waals surface area contributed by atoms with Gasteiger partial charge in [-0.2, -0.15) is 5.26 Å². The van der Waals surface area contributed by atoms with Crippen LogP contribution in [-0.4, -0.2) is 27.3 Å². The van der Waals surface area contributed by atoms with Gasteiger partial charge in [0.15, 0.2) is 0 Å². The summed E-state index contributed by atoms with van der Waals surface area (Å²) in [6.07, 6.45) is 5.05. The van der Waals surface area contributed by atoms with E-state index in [4.69, 9.17) is 0 Å². The SMILES string of the molecule is N#C[C@H](C[C@@H]1CCCC1=O)NC(=O)C1CCc2nccc(=O)n21. The predicted molar refractivity (Wildman–Crippen MR) is 80.4 cm³/mol. The molecule has 0 bridgehead atoms. The first-order valence-corrected chi connectivity index (χ1v) is 7.89. The van der Waals surface area contributed by atoms with Gasteiger partial charge < -0.3 is 5.32 Å². The third-order valence-corrected chi connectivity index (χ3v) is 4.64. The van der Waals surface area contributed by atoms with E-state index < -0.39 is 12.1 Å². The fourth-order valence-corrected chi connectivity index (χ4v) is 3.45. The Morgan fingerprint density at radius 1 is 1.43 bits per heavy atom. The van der Waals surface area contributed by atoms with E-state index in [0.29, 0.717) is 31.5 Å². The molecule has 1 aliphatic carbocycles. The Hall–Kier alpha value is -2.49. The van der Waals surface area contributed by atoms with Gasteiger partial charge in [-0.15, -0.1) is 0 Å². The molecule has 1 aromatic rings. The van der Waals surface area contributed by atoms with Gasteiger partial charge in [0, 0.05) is 31.0 Å². The predicted octanol–water partition coefficient (Wildman–Crippen LogP) is 0.498. The van der Waals surface area contributed by atoms with E-state index >= 15 is 0 Å². The van der Waals surface area contributed by atoms with Crippen molar-refractivity contribution in [3.8, 4) is 6.07 Å². The van der Waals surface area contributed by atoms with Crippen LogP contribution >= 0.6 is 0 Å². The third kappa shape index (κ3) is 3.02. The van der Waals surface area contributed by atoms with Gasteiger partial charge in [0.05, 0.1) is 6.07 Å². The minimum Gasteiger partial charge on any atom is -0.339 e. The summed E-state index contributed by atoms with van der Waals surface area (Å²) in [6.45, 7) is 0. The van der Waals surface area contributed by atoms with Crippen LogP contribution in [0.5, 0.6) is 0 Å². The van der Waals surface area contributed by atoms with E-state index in [1.807, 2.05) is 0 Å². The Balaban J connectivity index is 1.69. The highest BCUT2D eigenvalue weighted by Crippen LogP contribution is 2.26. The number of carbonyl (C=O) groups is 2. The summed E-state index contributed by atoms with van der Waals surface area (Å²) in [5.74, 6) is 0.277. The topological polar surface area (TPSA) is 105 Å². The molecular formula is C16H18N4O3. The lowest BCUT2D eigenvalue weighted by Crippen LogP contribution is -2.41. The summed E-state index contributed by atoms with van der Waals surface area (Å²) in [4.78, 5) is 40.2. The molecule has 1 fully saturated rings. The van der Waals surface area contributed by atoms with Crippen molar-refractivity contribution >= 4 is 11.7 Å². The maximum Gasteiger partial charge on any atom is 0.254 e. The number of nitrogens with zero attached hydrogens (tertiary/aromatic N) is 3. The number of fused-ring (bicyclic) bond motifs is 1. The van der Waals surface area contributed by atoms with Crippen LogP contribution in [-0.2, 0) is 16.0 Å². The first-order chi connectivity index (χ1) is 11.1.